The molecule has 0 spiro atoms. The summed E-state index contributed by atoms with van der Waals surface area (Å²) in [5, 5.41) is 21.0. The SMILES string of the molecule is Cc1ccc2nc(-c3cc(O)c(CCC(C)CCCC(C)C)c(O)c3)[nH]c2c1. The Morgan fingerprint density at radius 1 is 0.964 bits per heavy atom. The molecule has 28 heavy (non-hydrogen) atoms. The van der Waals surface area contributed by atoms with Gasteiger partial charge in [0.2, 0.25) is 0 Å². The summed E-state index contributed by atoms with van der Waals surface area (Å²) in [6.07, 6.45) is 5.33. The van der Waals surface area contributed by atoms with Crippen LogP contribution in [-0.2, 0) is 6.42 Å². The van der Waals surface area contributed by atoms with Crippen molar-refractivity contribution in [1.82, 2.24) is 9.97 Å². The minimum atomic E-state index is 0.140. The van der Waals surface area contributed by atoms with Crippen molar-refractivity contribution < 1.29 is 10.2 Å². The Kier molecular flexibility index (Phi) is 6.28. The molecule has 0 saturated carbocycles. The summed E-state index contributed by atoms with van der Waals surface area (Å²) in [5.74, 6) is 2.26. The zero-order valence-electron chi connectivity index (χ0n) is 17.4. The minimum Gasteiger partial charge on any atom is -0.508 e. The number of hydrogen-bond donors (Lipinski definition) is 3. The van der Waals surface area contributed by atoms with Crippen LogP contribution in [-0.4, -0.2) is 20.2 Å². The third-order valence-electron chi connectivity index (χ3n) is 5.48. The molecule has 3 aromatic rings. The predicted octanol–water partition coefficient (Wildman–Crippen LogP) is 6.34. The Bertz CT molecular complexity index is 920. The summed E-state index contributed by atoms with van der Waals surface area (Å²) in [6.45, 7) is 8.80. The van der Waals surface area contributed by atoms with Crippen LogP contribution >= 0.6 is 0 Å². The highest BCUT2D eigenvalue weighted by Gasteiger charge is 2.15. The fraction of sp³-hybridized carbons (Fsp3) is 0.458. The molecule has 0 aliphatic rings. The number of aromatic hydroxyl groups is 2. The Hall–Kier alpha value is -2.49. The number of nitrogens with one attached hydrogen (secondary N) is 1. The van der Waals surface area contributed by atoms with Gasteiger partial charge in [0.05, 0.1) is 11.0 Å². The average molecular weight is 381 g/mol. The van der Waals surface area contributed by atoms with E-state index in [9.17, 15) is 10.2 Å². The standard InChI is InChI=1S/C24H32N2O2/c1-15(2)6-5-7-16(3)8-10-19-22(27)13-18(14-23(19)28)24-25-20-11-9-17(4)12-21(20)26-24/h9,11-16,27-28H,5-8,10H2,1-4H3,(H,25,26). The van der Waals surface area contributed by atoms with E-state index >= 15 is 0 Å². The van der Waals surface area contributed by atoms with E-state index in [1.165, 1.54) is 19.3 Å². The van der Waals surface area contributed by atoms with Gasteiger partial charge in [0, 0.05) is 11.1 Å². The number of rotatable bonds is 8. The third-order valence-corrected chi connectivity index (χ3v) is 5.48. The van der Waals surface area contributed by atoms with Crippen molar-refractivity contribution in [3.8, 4) is 22.9 Å². The van der Waals surface area contributed by atoms with Gasteiger partial charge in [-0.2, -0.15) is 0 Å². The molecule has 1 heterocycles. The van der Waals surface area contributed by atoms with Gasteiger partial charge in [0.25, 0.3) is 0 Å². The second-order valence-electron chi connectivity index (χ2n) is 8.57. The summed E-state index contributed by atoms with van der Waals surface area (Å²) in [5.41, 5.74) is 4.31. The summed E-state index contributed by atoms with van der Waals surface area (Å²) in [7, 11) is 0. The first-order valence-electron chi connectivity index (χ1n) is 10.3. The maximum absolute atomic E-state index is 10.5. The lowest BCUT2D eigenvalue weighted by molar-refractivity contribution is 0.414. The van der Waals surface area contributed by atoms with Crippen molar-refractivity contribution in [2.24, 2.45) is 11.8 Å². The topological polar surface area (TPSA) is 69.1 Å². The lowest BCUT2D eigenvalue weighted by atomic mass is 9.93. The largest absolute Gasteiger partial charge is 0.508 e. The number of aromatic amines is 1. The molecule has 0 saturated heterocycles. The van der Waals surface area contributed by atoms with Gasteiger partial charge in [-0.3, -0.25) is 0 Å². The third kappa shape index (κ3) is 4.86. The number of imidazole rings is 1. The summed E-state index contributed by atoms with van der Waals surface area (Å²) >= 11 is 0. The van der Waals surface area contributed by atoms with Crippen LogP contribution in [0, 0.1) is 18.8 Å². The summed E-state index contributed by atoms with van der Waals surface area (Å²) < 4.78 is 0. The highest BCUT2D eigenvalue weighted by Crippen LogP contribution is 2.35. The first-order valence-corrected chi connectivity index (χ1v) is 10.3. The molecule has 3 rings (SSSR count). The molecule has 150 valence electrons. The van der Waals surface area contributed by atoms with Crippen LogP contribution in [0.15, 0.2) is 30.3 Å². The molecule has 1 unspecified atom stereocenters. The molecular formula is C24H32N2O2. The summed E-state index contributed by atoms with van der Waals surface area (Å²) in [6, 6.07) is 9.43. The van der Waals surface area contributed by atoms with Crippen molar-refractivity contribution in [1.29, 1.82) is 0 Å². The number of H-pyrrole nitrogens is 1. The lowest BCUT2D eigenvalue weighted by Crippen LogP contribution is -2.00. The van der Waals surface area contributed by atoms with E-state index in [1.807, 2.05) is 25.1 Å². The molecule has 4 nitrogen and oxygen atoms in total. The van der Waals surface area contributed by atoms with Crippen molar-refractivity contribution in [3.63, 3.8) is 0 Å². The van der Waals surface area contributed by atoms with Gasteiger partial charge in [-0.15, -0.1) is 0 Å². The molecule has 0 aliphatic carbocycles. The van der Waals surface area contributed by atoms with Gasteiger partial charge >= 0.3 is 0 Å². The van der Waals surface area contributed by atoms with Gasteiger partial charge in [-0.05, 0) is 61.4 Å². The molecule has 2 aromatic carbocycles. The van der Waals surface area contributed by atoms with Crippen LogP contribution in [0.3, 0.4) is 0 Å². The van der Waals surface area contributed by atoms with Gasteiger partial charge in [-0.25, -0.2) is 4.98 Å². The monoisotopic (exact) mass is 380 g/mol. The fourth-order valence-corrected chi connectivity index (χ4v) is 3.70. The maximum Gasteiger partial charge on any atom is 0.138 e. The number of aryl methyl sites for hydroxylation is 1. The molecular weight excluding hydrogens is 348 g/mol. The zero-order valence-corrected chi connectivity index (χ0v) is 17.4. The second-order valence-corrected chi connectivity index (χ2v) is 8.57. The predicted molar refractivity (Wildman–Crippen MR) is 116 cm³/mol. The smallest absolute Gasteiger partial charge is 0.138 e. The molecule has 3 N–H and O–H groups in total. The summed E-state index contributed by atoms with van der Waals surface area (Å²) in [4.78, 5) is 7.86. The van der Waals surface area contributed by atoms with E-state index in [2.05, 4.69) is 30.7 Å². The van der Waals surface area contributed by atoms with Crippen LogP contribution in [0.4, 0.5) is 0 Å². The first kappa shape index (κ1) is 20.2. The van der Waals surface area contributed by atoms with Crippen molar-refractivity contribution >= 4 is 11.0 Å². The second kappa shape index (κ2) is 8.68. The maximum atomic E-state index is 10.5. The first-order chi connectivity index (χ1) is 13.3. The molecule has 1 aromatic heterocycles. The number of aromatic nitrogens is 2. The van der Waals surface area contributed by atoms with E-state index < -0.39 is 0 Å². The van der Waals surface area contributed by atoms with Crippen molar-refractivity contribution in [2.75, 3.05) is 0 Å². The number of phenolic OH excluding ortho intramolecular Hbond substituents is 2. The lowest BCUT2D eigenvalue weighted by Gasteiger charge is -2.14. The number of fused-ring (bicyclic) bond motifs is 1. The van der Waals surface area contributed by atoms with E-state index in [4.69, 9.17) is 0 Å². The Labute approximate surface area is 167 Å². The number of hydrogen-bond acceptors (Lipinski definition) is 3. The molecule has 0 fully saturated rings. The van der Waals surface area contributed by atoms with Crippen LogP contribution in [0.2, 0.25) is 0 Å². The van der Waals surface area contributed by atoms with Crippen molar-refractivity contribution in [2.45, 2.75) is 59.8 Å². The minimum absolute atomic E-state index is 0.140. The Morgan fingerprint density at radius 3 is 2.36 bits per heavy atom. The van der Waals surface area contributed by atoms with E-state index in [0.717, 1.165) is 28.9 Å². The van der Waals surface area contributed by atoms with E-state index in [0.29, 0.717) is 29.3 Å². The highest BCUT2D eigenvalue weighted by atomic mass is 16.3. The van der Waals surface area contributed by atoms with E-state index in [1.54, 1.807) is 12.1 Å². The molecule has 1 atom stereocenters. The number of phenols is 2. The van der Waals surface area contributed by atoms with Crippen molar-refractivity contribution in [3.05, 3.63) is 41.5 Å². The Morgan fingerprint density at radius 2 is 1.68 bits per heavy atom. The van der Waals surface area contributed by atoms with Crippen LogP contribution in [0.1, 0.15) is 57.6 Å². The number of nitrogens with zero attached hydrogens (tertiary/aromatic N) is 1. The normalized spacial score (nSPS) is 12.8. The fourth-order valence-electron chi connectivity index (χ4n) is 3.70. The van der Waals surface area contributed by atoms with Crippen LogP contribution in [0.5, 0.6) is 11.5 Å². The zero-order chi connectivity index (χ0) is 20.3. The molecule has 0 bridgehead atoms. The molecule has 0 radical (unpaired) electrons. The molecule has 0 amide bonds. The van der Waals surface area contributed by atoms with Crippen LogP contribution < -0.4 is 0 Å². The Balaban J connectivity index is 1.71. The average Bonchev–Trinajstić information content (AvgIpc) is 3.03. The van der Waals surface area contributed by atoms with E-state index in [-0.39, 0.29) is 11.5 Å². The highest BCUT2D eigenvalue weighted by molar-refractivity contribution is 5.80. The van der Waals surface area contributed by atoms with Crippen LogP contribution in [0.25, 0.3) is 22.4 Å². The molecule has 4 heteroatoms. The number of benzene rings is 2. The van der Waals surface area contributed by atoms with Gasteiger partial charge in [0.1, 0.15) is 17.3 Å². The molecule has 0 aliphatic heterocycles. The van der Waals surface area contributed by atoms with Gasteiger partial charge in [0.15, 0.2) is 0 Å². The van der Waals surface area contributed by atoms with Gasteiger partial charge in [-0.1, -0.05) is 46.1 Å². The quantitative estimate of drug-likeness (QED) is 0.427. The van der Waals surface area contributed by atoms with Gasteiger partial charge < -0.3 is 15.2 Å².